The van der Waals surface area contributed by atoms with Gasteiger partial charge in [0.15, 0.2) is 0 Å². The van der Waals surface area contributed by atoms with Gasteiger partial charge < -0.3 is 5.32 Å². The van der Waals surface area contributed by atoms with Gasteiger partial charge in [0, 0.05) is 12.4 Å². The average molecular weight is 275 g/mol. The monoisotopic (exact) mass is 275 g/mol. The van der Waals surface area contributed by atoms with Crippen LogP contribution in [0.5, 0.6) is 0 Å². The first-order chi connectivity index (χ1) is 10.3. The van der Waals surface area contributed by atoms with Crippen LogP contribution in [0.4, 0.5) is 5.95 Å². The van der Waals surface area contributed by atoms with Gasteiger partial charge in [-0.25, -0.2) is 9.97 Å². The largest absolute Gasteiger partial charge is 0.343 e. The molecular formula is C18H17N3. The van der Waals surface area contributed by atoms with Crippen molar-refractivity contribution in [3.63, 3.8) is 0 Å². The van der Waals surface area contributed by atoms with Crippen LogP contribution in [-0.4, -0.2) is 9.97 Å². The Labute approximate surface area is 124 Å². The summed E-state index contributed by atoms with van der Waals surface area (Å²) in [4.78, 5) is 8.69. The van der Waals surface area contributed by atoms with Crippen LogP contribution in [0.15, 0.2) is 73.1 Å². The van der Waals surface area contributed by atoms with Crippen molar-refractivity contribution in [2.75, 3.05) is 5.32 Å². The first kappa shape index (κ1) is 13.3. The molecule has 0 amide bonds. The molecule has 0 radical (unpaired) electrons. The van der Waals surface area contributed by atoms with E-state index in [1.165, 1.54) is 11.1 Å². The number of hydrogen-bond donors (Lipinski definition) is 1. The Morgan fingerprint density at radius 1 is 0.762 bits per heavy atom. The van der Waals surface area contributed by atoms with Gasteiger partial charge in [-0.05, 0) is 23.6 Å². The van der Waals surface area contributed by atoms with Crippen molar-refractivity contribution in [3.05, 3.63) is 89.7 Å². The molecule has 0 aliphatic carbocycles. The number of benzene rings is 2. The Morgan fingerprint density at radius 2 is 1.24 bits per heavy atom. The second kappa shape index (κ2) is 6.18. The van der Waals surface area contributed by atoms with Gasteiger partial charge in [-0.1, -0.05) is 60.7 Å². The van der Waals surface area contributed by atoms with E-state index in [4.69, 9.17) is 0 Å². The zero-order chi connectivity index (χ0) is 14.5. The van der Waals surface area contributed by atoms with E-state index in [-0.39, 0.29) is 6.04 Å². The van der Waals surface area contributed by atoms with Crippen molar-refractivity contribution in [1.29, 1.82) is 0 Å². The average Bonchev–Trinajstić information content (AvgIpc) is 2.56. The van der Waals surface area contributed by atoms with Gasteiger partial charge in [0.05, 0.1) is 6.04 Å². The van der Waals surface area contributed by atoms with Gasteiger partial charge >= 0.3 is 0 Å². The molecule has 0 atom stereocenters. The maximum absolute atomic E-state index is 4.35. The topological polar surface area (TPSA) is 37.8 Å². The molecule has 21 heavy (non-hydrogen) atoms. The van der Waals surface area contributed by atoms with Crippen LogP contribution in [0.25, 0.3) is 0 Å². The number of aromatic nitrogens is 2. The number of hydrogen-bond acceptors (Lipinski definition) is 3. The van der Waals surface area contributed by atoms with Gasteiger partial charge in [-0.15, -0.1) is 0 Å². The molecule has 1 aromatic heterocycles. The fourth-order valence-corrected chi connectivity index (χ4v) is 2.25. The fraction of sp³-hybridized carbons (Fsp3) is 0.111. The normalized spacial score (nSPS) is 10.6. The minimum Gasteiger partial charge on any atom is -0.343 e. The first-order valence-electron chi connectivity index (χ1n) is 6.98. The molecule has 3 heteroatoms. The summed E-state index contributed by atoms with van der Waals surface area (Å²) in [5.74, 6) is 0.637. The van der Waals surface area contributed by atoms with Crippen molar-refractivity contribution in [1.82, 2.24) is 9.97 Å². The van der Waals surface area contributed by atoms with E-state index in [1.54, 1.807) is 0 Å². The van der Waals surface area contributed by atoms with Crippen molar-refractivity contribution < 1.29 is 0 Å². The molecule has 104 valence electrons. The van der Waals surface area contributed by atoms with E-state index >= 15 is 0 Å². The molecule has 3 nitrogen and oxygen atoms in total. The second-order valence-electron chi connectivity index (χ2n) is 4.98. The molecule has 2 aromatic carbocycles. The van der Waals surface area contributed by atoms with E-state index in [2.05, 4.69) is 39.6 Å². The quantitative estimate of drug-likeness (QED) is 0.782. The van der Waals surface area contributed by atoms with Crippen molar-refractivity contribution in [2.45, 2.75) is 13.0 Å². The molecule has 0 spiro atoms. The minimum atomic E-state index is 0.0371. The fourth-order valence-electron chi connectivity index (χ4n) is 2.25. The summed E-state index contributed by atoms with van der Waals surface area (Å²) in [7, 11) is 0. The molecule has 1 N–H and O–H groups in total. The molecule has 0 aliphatic heterocycles. The maximum Gasteiger partial charge on any atom is 0.223 e. The summed E-state index contributed by atoms with van der Waals surface area (Å²) >= 11 is 0. The number of nitrogens with one attached hydrogen (secondary N) is 1. The van der Waals surface area contributed by atoms with Crippen LogP contribution in [0.2, 0.25) is 0 Å². The molecule has 0 unspecified atom stereocenters. The third-order valence-electron chi connectivity index (χ3n) is 3.32. The summed E-state index contributed by atoms with van der Waals surface area (Å²) < 4.78 is 0. The molecule has 1 heterocycles. The van der Waals surface area contributed by atoms with Crippen LogP contribution in [0, 0.1) is 6.92 Å². The maximum atomic E-state index is 4.35. The summed E-state index contributed by atoms with van der Waals surface area (Å²) in [6, 6.07) is 20.7. The van der Waals surface area contributed by atoms with E-state index < -0.39 is 0 Å². The molecule has 0 fully saturated rings. The van der Waals surface area contributed by atoms with Crippen molar-refractivity contribution in [2.24, 2.45) is 0 Å². The minimum absolute atomic E-state index is 0.0371. The molecule has 0 bridgehead atoms. The molecule has 0 saturated carbocycles. The molecule has 3 rings (SSSR count). The second-order valence-corrected chi connectivity index (χ2v) is 4.98. The SMILES string of the molecule is Cc1cnc(NC(c2ccccc2)c2ccccc2)nc1. The highest BCUT2D eigenvalue weighted by Crippen LogP contribution is 2.24. The van der Waals surface area contributed by atoms with Gasteiger partial charge in [0.2, 0.25) is 5.95 Å². The summed E-state index contributed by atoms with van der Waals surface area (Å²) in [6.45, 7) is 1.98. The van der Waals surface area contributed by atoms with E-state index in [0.717, 1.165) is 5.56 Å². The zero-order valence-electron chi connectivity index (χ0n) is 11.9. The predicted molar refractivity (Wildman–Crippen MR) is 85.1 cm³/mol. The lowest BCUT2D eigenvalue weighted by Gasteiger charge is -2.19. The number of rotatable bonds is 4. The summed E-state index contributed by atoms with van der Waals surface area (Å²) in [6.07, 6.45) is 3.64. The van der Waals surface area contributed by atoms with Crippen LogP contribution in [0.1, 0.15) is 22.7 Å². The van der Waals surface area contributed by atoms with Gasteiger partial charge in [-0.2, -0.15) is 0 Å². The van der Waals surface area contributed by atoms with E-state index in [1.807, 2.05) is 55.7 Å². The Kier molecular flexibility index (Phi) is 3.92. The third-order valence-corrected chi connectivity index (χ3v) is 3.32. The van der Waals surface area contributed by atoms with Gasteiger partial charge in [-0.3, -0.25) is 0 Å². The highest BCUT2D eigenvalue weighted by atomic mass is 15.1. The van der Waals surface area contributed by atoms with Crippen molar-refractivity contribution >= 4 is 5.95 Å². The van der Waals surface area contributed by atoms with Crippen LogP contribution >= 0.6 is 0 Å². The molecule has 3 aromatic rings. The lowest BCUT2D eigenvalue weighted by atomic mass is 9.99. The standard InChI is InChI=1S/C18H17N3/c1-14-12-19-18(20-13-14)21-17(15-8-4-2-5-9-15)16-10-6-3-7-11-16/h2-13,17H,1H3,(H,19,20,21). The Bertz CT molecular complexity index is 639. The highest BCUT2D eigenvalue weighted by Gasteiger charge is 2.14. The zero-order valence-corrected chi connectivity index (χ0v) is 11.9. The molecule has 0 saturated heterocycles. The van der Waals surface area contributed by atoms with Crippen LogP contribution in [0.3, 0.4) is 0 Å². The van der Waals surface area contributed by atoms with Gasteiger partial charge in [0.25, 0.3) is 0 Å². The summed E-state index contributed by atoms with van der Waals surface area (Å²) in [5, 5.41) is 3.42. The Hall–Kier alpha value is -2.68. The van der Waals surface area contributed by atoms with Crippen LogP contribution in [-0.2, 0) is 0 Å². The number of aryl methyl sites for hydroxylation is 1. The number of anilines is 1. The Balaban J connectivity index is 1.95. The summed E-state index contributed by atoms with van der Waals surface area (Å²) in [5.41, 5.74) is 3.43. The molecular weight excluding hydrogens is 258 g/mol. The predicted octanol–water partition coefficient (Wildman–Crippen LogP) is 3.99. The van der Waals surface area contributed by atoms with Crippen LogP contribution < -0.4 is 5.32 Å². The van der Waals surface area contributed by atoms with Gasteiger partial charge in [0.1, 0.15) is 0 Å². The number of nitrogens with zero attached hydrogens (tertiary/aromatic N) is 2. The van der Waals surface area contributed by atoms with E-state index in [9.17, 15) is 0 Å². The third kappa shape index (κ3) is 3.26. The Morgan fingerprint density at radius 3 is 1.71 bits per heavy atom. The molecule has 0 aliphatic rings. The van der Waals surface area contributed by atoms with E-state index in [0.29, 0.717) is 5.95 Å². The smallest absolute Gasteiger partial charge is 0.223 e. The lowest BCUT2D eigenvalue weighted by Crippen LogP contribution is -2.14. The first-order valence-corrected chi connectivity index (χ1v) is 6.98. The van der Waals surface area contributed by atoms with Crippen molar-refractivity contribution in [3.8, 4) is 0 Å². The highest BCUT2D eigenvalue weighted by molar-refractivity contribution is 5.40. The lowest BCUT2D eigenvalue weighted by molar-refractivity contribution is 0.906.